The van der Waals surface area contributed by atoms with Crippen molar-refractivity contribution in [2.24, 2.45) is 35.3 Å². The zero-order chi connectivity index (χ0) is 90.1. The number of rotatable bonds is 37. The molecular formula is C92H133N11O23. The molecule has 34 heteroatoms. The maximum atomic E-state index is 14.7. The fraction of sp³-hybridized carbons (Fsp3) is 0.641. The van der Waals surface area contributed by atoms with E-state index in [1.807, 2.05) is 72.1 Å². The lowest BCUT2D eigenvalue weighted by molar-refractivity contribution is -0.265. The van der Waals surface area contributed by atoms with Gasteiger partial charge in [0, 0.05) is 107 Å². The molecule has 4 aliphatic heterocycles. The number of benzene rings is 1. The van der Waals surface area contributed by atoms with Gasteiger partial charge in [-0.1, -0.05) is 82.4 Å². The van der Waals surface area contributed by atoms with Crippen molar-refractivity contribution in [3.63, 3.8) is 0 Å². The number of H-pyrrole nitrogens is 1. The largest absolute Gasteiger partial charge is 0.459 e. The molecule has 8 heterocycles. The van der Waals surface area contributed by atoms with Crippen LogP contribution in [0.15, 0.2) is 96.7 Å². The minimum Gasteiger partial charge on any atom is -0.459 e. The monoisotopic (exact) mass is 1760 g/mol. The number of fused-ring (bicyclic) bond motifs is 6. The van der Waals surface area contributed by atoms with Gasteiger partial charge in [0.25, 0.3) is 11.7 Å². The Morgan fingerprint density at radius 3 is 2.08 bits per heavy atom. The second-order valence-corrected chi connectivity index (χ2v) is 33.5. The zero-order valence-corrected chi connectivity index (χ0v) is 74.7. The smallest absolute Gasteiger partial charge is 0.407 e. The van der Waals surface area contributed by atoms with E-state index in [-0.39, 0.29) is 81.9 Å². The van der Waals surface area contributed by atoms with E-state index in [0.717, 1.165) is 44.6 Å². The molecule has 34 nitrogen and oxygen atoms in total. The van der Waals surface area contributed by atoms with Crippen LogP contribution in [0.5, 0.6) is 0 Å². The molecule has 8 N–H and O–H groups in total. The number of ether oxygens (including phenoxy) is 14. The average Bonchev–Trinajstić information content (AvgIpc) is 1.49. The quantitative estimate of drug-likeness (QED) is 0.00948. The maximum Gasteiger partial charge on any atom is 0.407 e. The molecule has 694 valence electrons. The molecule has 126 heavy (non-hydrogen) atoms. The number of carbonyl (C=O) groups is 7. The van der Waals surface area contributed by atoms with E-state index in [2.05, 4.69) is 43.5 Å². The number of pyridine rings is 1. The van der Waals surface area contributed by atoms with E-state index >= 15 is 0 Å². The molecule has 1 saturated carbocycles. The number of Topliss-reactive ketones (excluding diaryl/α,β-unsaturated/α-hetero) is 3. The van der Waals surface area contributed by atoms with Crippen LogP contribution in [0.3, 0.4) is 0 Å². The van der Waals surface area contributed by atoms with Crippen LogP contribution >= 0.6 is 0 Å². The Morgan fingerprint density at radius 2 is 1.40 bits per heavy atom. The van der Waals surface area contributed by atoms with Crippen LogP contribution in [0, 0.1) is 29.6 Å². The summed E-state index contributed by atoms with van der Waals surface area (Å²) in [5.74, 6) is -8.28. The first-order valence-corrected chi connectivity index (χ1v) is 44.5. The first-order chi connectivity index (χ1) is 60.9. The zero-order valence-electron chi connectivity index (χ0n) is 74.7. The Kier molecular flexibility index (Phi) is 40.2. The number of allylic oxidation sites excluding steroid dienone is 6. The third-order valence-corrected chi connectivity index (χ3v) is 24.2. The molecule has 0 unspecified atom stereocenters. The van der Waals surface area contributed by atoms with Gasteiger partial charge < -0.3 is 108 Å². The predicted octanol–water partition coefficient (Wildman–Crippen LogP) is 8.03. The molecule has 2 bridgehead atoms. The summed E-state index contributed by atoms with van der Waals surface area (Å²) in [5, 5.41) is 33.1. The Balaban J connectivity index is 0.553. The lowest BCUT2D eigenvalue weighted by Crippen LogP contribution is -2.61. The first-order valence-electron chi connectivity index (χ1n) is 44.5. The molecule has 4 aromatic heterocycles. The number of aliphatic hydroxyl groups excluding tert-OH is 1. The van der Waals surface area contributed by atoms with E-state index in [1.165, 1.54) is 26.1 Å². The number of hydrogen-bond donors (Lipinski definition) is 6. The number of aromatic nitrogens is 6. The molecule has 1 aromatic carbocycles. The summed E-state index contributed by atoms with van der Waals surface area (Å²) in [5.41, 5.74) is 20.9. The summed E-state index contributed by atoms with van der Waals surface area (Å²) >= 11 is 0. The number of cyclic esters (lactones) is 1. The standard InChI is InChI=1S/C92H133N11O23/c1-59-15-11-10-12-16-60(2)76(113-7)53-71-22-18-64(6)92(112,126-71)85(108)89(109)102-29-14-13-17-73(102)90(110)124-77(54-74(104)61(3)48-63(5)83(107)84(115-9)82(106)62(4)47-59)72(93)50-65-20-23-75(78(51-65)114-8)125-91(111)96-28-32-117-34-36-119-38-40-121-42-44-123-46-45-122-43-41-120-39-37-118-35-33-116-31-26-79(105)101-30-25-67-49-66(19-21-69(67)57-101)56-103-88-80(86(94)98-58-99-88)81(100-103)70-52-68-24-27-95-87(68)97-55-70/h10-12,15-16,19,21,24,27,48-49,52,55,58-59,61-62,64-65,71-73,75-78,83-84,107,112H,13-14,17-18,20,22-23,25-26,28-47,50-51,53-54,56-57,93H2,1-9H3,(H,95,97)(H,96,111)(H2,94,98,99)/b12-10+,15-11+,60-16+,63-48+/t59-,61-,62-,64-,65+,71+,72-,73+,75-,76+,77+,78-,83-,84+,92-/m1/s1. The Morgan fingerprint density at radius 1 is 0.722 bits per heavy atom. The van der Waals surface area contributed by atoms with Crippen LogP contribution in [-0.2, 0) is 115 Å². The molecule has 1 aliphatic carbocycles. The highest BCUT2D eigenvalue weighted by atomic mass is 16.6. The number of hydrogen-bond acceptors (Lipinski definition) is 29. The number of nitrogens with zero attached hydrogens (tertiary/aromatic N) is 7. The molecule has 3 fully saturated rings. The van der Waals surface area contributed by atoms with E-state index < -0.39 is 108 Å². The van der Waals surface area contributed by atoms with Gasteiger partial charge in [0.1, 0.15) is 59.7 Å². The van der Waals surface area contributed by atoms with Gasteiger partial charge in [-0.05, 0) is 136 Å². The van der Waals surface area contributed by atoms with Crippen LogP contribution in [0.1, 0.15) is 142 Å². The number of ketones is 3. The van der Waals surface area contributed by atoms with Crippen LogP contribution < -0.4 is 16.8 Å². The van der Waals surface area contributed by atoms with Gasteiger partial charge in [-0.25, -0.2) is 29.2 Å². The van der Waals surface area contributed by atoms with Crippen molar-refractivity contribution >= 4 is 69.1 Å². The summed E-state index contributed by atoms with van der Waals surface area (Å²) < 4.78 is 82.6. The van der Waals surface area contributed by atoms with E-state index in [1.54, 1.807) is 47.1 Å². The molecule has 5 aromatic rings. The molecule has 3 amide bonds. The first kappa shape index (κ1) is 99.5. The minimum absolute atomic E-state index is 0.00897. The highest BCUT2D eigenvalue weighted by Crippen LogP contribution is 2.39. The molecular weight excluding hydrogens is 1630 g/mol. The molecule has 15 atom stereocenters. The lowest BCUT2D eigenvalue weighted by Gasteiger charge is -2.42. The highest BCUT2D eigenvalue weighted by Gasteiger charge is 2.53. The summed E-state index contributed by atoms with van der Waals surface area (Å²) in [6.45, 7) is 18.2. The van der Waals surface area contributed by atoms with Gasteiger partial charge in [0.2, 0.25) is 11.7 Å². The number of anilines is 1. The highest BCUT2D eigenvalue weighted by molar-refractivity contribution is 6.39. The molecule has 0 radical (unpaired) electrons. The maximum absolute atomic E-state index is 14.7. The molecule has 0 spiro atoms. The average molecular weight is 1760 g/mol. The van der Waals surface area contributed by atoms with Gasteiger partial charge in [-0.3, -0.25) is 24.0 Å². The fourth-order valence-electron chi connectivity index (χ4n) is 16.9. The Bertz CT molecular complexity index is 4460. The second-order valence-electron chi connectivity index (χ2n) is 33.5. The Hall–Kier alpha value is -8.69. The number of carbonyl (C=O) groups excluding carboxylic acids is 7. The van der Waals surface area contributed by atoms with Gasteiger partial charge in [0.15, 0.2) is 11.4 Å². The lowest BCUT2D eigenvalue weighted by atomic mass is 9.80. The van der Waals surface area contributed by atoms with Crippen LogP contribution in [-0.4, -0.2) is 298 Å². The Labute approximate surface area is 738 Å². The number of amides is 3. The van der Waals surface area contributed by atoms with Crippen LogP contribution in [0.4, 0.5) is 10.6 Å². The number of nitrogens with two attached hydrogens (primary N) is 2. The number of alkyl carbamates (subject to hydrolysis) is 1. The molecule has 10 rings (SSSR count). The normalized spacial score (nSPS) is 27.1. The van der Waals surface area contributed by atoms with Crippen molar-refractivity contribution in [3.05, 3.63) is 113 Å². The number of methoxy groups -OCH3 is 3. The SMILES string of the molecule is CO[C@H]1C[C@@H]2CC[C@@H](C)[C@@](O)(O2)C(=O)C(=O)N2CCCC[C@H]2C(=O)O[C@H]([C@H](N)C[C@@H]2CC[C@@H](OC(=O)NCCOCCOCCOCCOCCOCCOCCOCCOCCC(=O)N3CCc4cc(Cn5nc(-c6cnc7[nH]ccc7c6)c6c(N)ncnc65)ccc4C3)[C@H](OC)C2)CC(=O)[C@H](C)/C=C(\C)[C@@H](O)[C@@H](OC)C(=O)[C@H](C)C[C@H](C)/C=C/C=C/C=C/1C. The van der Waals surface area contributed by atoms with Crippen molar-refractivity contribution < 1.29 is 110 Å². The van der Waals surface area contributed by atoms with E-state index in [0.29, 0.717) is 192 Å². The molecule has 5 aliphatic rings. The van der Waals surface area contributed by atoms with Gasteiger partial charge >= 0.3 is 12.1 Å². The summed E-state index contributed by atoms with van der Waals surface area (Å²) in [6, 6.07) is 8.12. The topological polar surface area (TPSA) is 432 Å². The number of nitrogen functional groups attached to an aromatic ring is 1. The van der Waals surface area contributed by atoms with Gasteiger partial charge in [0.05, 0.1) is 142 Å². The van der Waals surface area contributed by atoms with Crippen molar-refractivity contribution in [2.45, 2.75) is 205 Å². The van der Waals surface area contributed by atoms with Crippen molar-refractivity contribution in [3.8, 4) is 11.3 Å². The van der Waals surface area contributed by atoms with Crippen LogP contribution in [0.25, 0.3) is 33.3 Å². The van der Waals surface area contributed by atoms with Gasteiger partial charge in [-0.2, -0.15) is 5.10 Å². The number of piperidine rings is 1. The summed E-state index contributed by atoms with van der Waals surface area (Å²) in [6.07, 6.45) is 14.2. The van der Waals surface area contributed by atoms with Gasteiger partial charge in [-0.15, -0.1) is 0 Å². The third-order valence-electron chi connectivity index (χ3n) is 24.2. The minimum atomic E-state index is -2.50. The second kappa shape index (κ2) is 50.9. The summed E-state index contributed by atoms with van der Waals surface area (Å²) in [4.78, 5) is 118. The number of esters is 1. The third kappa shape index (κ3) is 28.9. The van der Waals surface area contributed by atoms with Crippen molar-refractivity contribution in [1.82, 2.24) is 44.8 Å². The number of aliphatic hydroxyl groups is 2. The van der Waals surface area contributed by atoms with E-state index in [9.17, 15) is 43.8 Å². The summed E-state index contributed by atoms with van der Waals surface area (Å²) in [7, 11) is 4.44. The molecule has 2 saturated heterocycles. The number of nitrogens with one attached hydrogen (secondary N) is 2. The van der Waals surface area contributed by atoms with Crippen molar-refractivity contribution in [1.29, 1.82) is 0 Å². The van der Waals surface area contributed by atoms with Crippen LogP contribution in [0.2, 0.25) is 0 Å². The van der Waals surface area contributed by atoms with Crippen molar-refractivity contribution in [2.75, 3.05) is 152 Å². The van der Waals surface area contributed by atoms with E-state index in [4.69, 9.17) is 82.9 Å². The fourth-order valence-corrected chi connectivity index (χ4v) is 16.9. The number of aromatic amines is 1. The predicted molar refractivity (Wildman–Crippen MR) is 467 cm³/mol.